The van der Waals surface area contributed by atoms with Gasteiger partial charge in [0.1, 0.15) is 0 Å². The van der Waals surface area contributed by atoms with Crippen molar-refractivity contribution in [3.63, 3.8) is 0 Å². The van der Waals surface area contributed by atoms with Gasteiger partial charge in [0.15, 0.2) is 5.76 Å². The molecule has 1 atom stereocenters. The normalized spacial score (nSPS) is 12.2. The molecule has 0 aliphatic carbocycles. The Morgan fingerprint density at radius 1 is 1.04 bits per heavy atom. The third-order valence-electron chi connectivity index (χ3n) is 5.04. The number of benzene rings is 2. The molecule has 1 N–H and O–H groups in total. The second kappa shape index (κ2) is 8.17. The zero-order valence-corrected chi connectivity index (χ0v) is 16.0. The van der Waals surface area contributed by atoms with E-state index in [1.54, 1.807) is 12.1 Å². The highest BCUT2D eigenvalue weighted by atomic mass is 16.3. The van der Waals surface area contributed by atoms with Crippen LogP contribution in [0.3, 0.4) is 0 Å². The Labute approximate surface area is 164 Å². The summed E-state index contributed by atoms with van der Waals surface area (Å²) in [6.07, 6.45) is 5.54. The van der Waals surface area contributed by atoms with Gasteiger partial charge in [0, 0.05) is 29.7 Å². The van der Waals surface area contributed by atoms with Gasteiger partial charge < -0.3 is 14.3 Å². The Balaban J connectivity index is 1.47. The maximum Gasteiger partial charge on any atom is 0.287 e. The van der Waals surface area contributed by atoms with Crippen LogP contribution in [0.5, 0.6) is 0 Å². The van der Waals surface area contributed by atoms with Crippen molar-refractivity contribution in [3.8, 4) is 0 Å². The number of aryl methyl sites for hydroxylation is 1. The lowest BCUT2D eigenvalue weighted by atomic mass is 10.1. The average Bonchev–Trinajstić information content (AvgIpc) is 3.36. The van der Waals surface area contributed by atoms with Gasteiger partial charge in [-0.3, -0.25) is 4.79 Å². The monoisotopic (exact) mass is 372 g/mol. The Bertz CT molecular complexity index is 1050. The van der Waals surface area contributed by atoms with Crippen LogP contribution >= 0.6 is 0 Å². The summed E-state index contributed by atoms with van der Waals surface area (Å²) in [5.74, 6) is 0.190. The highest BCUT2D eigenvalue weighted by Crippen LogP contribution is 2.24. The molecule has 0 bridgehead atoms. The number of nitrogens with zero attached hydrogens (tertiary/aromatic N) is 1. The largest absolute Gasteiger partial charge is 0.459 e. The topological polar surface area (TPSA) is 47.2 Å². The predicted molar refractivity (Wildman–Crippen MR) is 111 cm³/mol. The van der Waals surface area contributed by atoms with Crippen molar-refractivity contribution in [1.82, 2.24) is 9.88 Å². The van der Waals surface area contributed by atoms with E-state index in [1.807, 2.05) is 13.0 Å². The summed E-state index contributed by atoms with van der Waals surface area (Å²) in [5.41, 5.74) is 3.84. The molecule has 2 aromatic carbocycles. The number of nitrogens with one attached hydrogen (secondary N) is 1. The predicted octanol–water partition coefficient (Wildman–Crippen LogP) is 5.03. The van der Waals surface area contributed by atoms with Crippen LogP contribution in [0.2, 0.25) is 0 Å². The number of rotatable bonds is 7. The molecule has 0 saturated heterocycles. The van der Waals surface area contributed by atoms with Gasteiger partial charge in [-0.25, -0.2) is 0 Å². The standard InChI is InChI=1S/C24H24N2O2/c1-18(25-24(27)23-12-7-15-28-23)13-14-20-17-26(16-19-8-3-2-4-9-19)22-11-6-5-10-21(20)22/h2-12,15,17-18H,13-14,16H2,1H3,(H,25,27). The first-order valence-electron chi connectivity index (χ1n) is 9.66. The number of hydrogen-bond acceptors (Lipinski definition) is 2. The molecule has 0 radical (unpaired) electrons. The van der Waals surface area contributed by atoms with E-state index in [0.717, 1.165) is 19.4 Å². The van der Waals surface area contributed by atoms with Crippen molar-refractivity contribution in [2.45, 2.75) is 32.4 Å². The zero-order chi connectivity index (χ0) is 19.3. The van der Waals surface area contributed by atoms with Crippen LogP contribution < -0.4 is 5.32 Å². The number of para-hydroxylation sites is 1. The van der Waals surface area contributed by atoms with Crippen LogP contribution in [0.4, 0.5) is 0 Å². The summed E-state index contributed by atoms with van der Waals surface area (Å²) in [6, 6.07) is 22.5. The van der Waals surface area contributed by atoms with E-state index in [4.69, 9.17) is 4.42 Å². The third-order valence-corrected chi connectivity index (χ3v) is 5.04. The van der Waals surface area contributed by atoms with Crippen molar-refractivity contribution in [3.05, 3.63) is 96.1 Å². The van der Waals surface area contributed by atoms with E-state index in [1.165, 1.54) is 28.3 Å². The van der Waals surface area contributed by atoms with Gasteiger partial charge in [-0.2, -0.15) is 0 Å². The van der Waals surface area contributed by atoms with Crippen LogP contribution in [0.15, 0.2) is 83.6 Å². The van der Waals surface area contributed by atoms with Crippen molar-refractivity contribution in [1.29, 1.82) is 0 Å². The number of carbonyl (C=O) groups is 1. The second-order valence-corrected chi connectivity index (χ2v) is 7.18. The van der Waals surface area contributed by atoms with Crippen LogP contribution in [0.25, 0.3) is 10.9 Å². The van der Waals surface area contributed by atoms with Crippen molar-refractivity contribution >= 4 is 16.8 Å². The molecular weight excluding hydrogens is 348 g/mol. The summed E-state index contributed by atoms with van der Waals surface area (Å²) in [6.45, 7) is 2.89. The number of amides is 1. The fourth-order valence-electron chi connectivity index (χ4n) is 3.58. The first-order valence-corrected chi connectivity index (χ1v) is 9.66. The molecule has 142 valence electrons. The number of hydrogen-bond donors (Lipinski definition) is 1. The van der Waals surface area contributed by atoms with Crippen molar-refractivity contribution in [2.24, 2.45) is 0 Å². The summed E-state index contributed by atoms with van der Waals surface area (Å²) < 4.78 is 7.47. The van der Waals surface area contributed by atoms with Crippen LogP contribution in [-0.4, -0.2) is 16.5 Å². The fourth-order valence-corrected chi connectivity index (χ4v) is 3.58. The third kappa shape index (κ3) is 4.01. The van der Waals surface area contributed by atoms with Crippen LogP contribution in [0.1, 0.15) is 35.0 Å². The SMILES string of the molecule is CC(CCc1cn(Cc2ccccc2)c2ccccc12)NC(=O)c1ccco1. The highest BCUT2D eigenvalue weighted by Gasteiger charge is 2.14. The van der Waals surface area contributed by atoms with E-state index in [-0.39, 0.29) is 11.9 Å². The maximum absolute atomic E-state index is 12.1. The average molecular weight is 372 g/mol. The zero-order valence-electron chi connectivity index (χ0n) is 16.0. The van der Waals surface area contributed by atoms with E-state index in [9.17, 15) is 4.79 Å². The summed E-state index contributed by atoms with van der Waals surface area (Å²) in [7, 11) is 0. The van der Waals surface area contributed by atoms with Gasteiger partial charge >= 0.3 is 0 Å². The summed E-state index contributed by atoms with van der Waals surface area (Å²) in [4.78, 5) is 12.1. The summed E-state index contributed by atoms with van der Waals surface area (Å²) in [5, 5.41) is 4.29. The smallest absolute Gasteiger partial charge is 0.287 e. The highest BCUT2D eigenvalue weighted by molar-refractivity contribution is 5.91. The fraction of sp³-hybridized carbons (Fsp3) is 0.208. The lowest BCUT2D eigenvalue weighted by Gasteiger charge is -2.12. The molecule has 4 nitrogen and oxygen atoms in total. The first-order chi connectivity index (χ1) is 13.7. The van der Waals surface area contributed by atoms with Crippen LogP contribution in [0, 0.1) is 0 Å². The molecule has 2 heterocycles. The van der Waals surface area contributed by atoms with Crippen LogP contribution in [-0.2, 0) is 13.0 Å². The van der Waals surface area contributed by atoms with E-state index in [0.29, 0.717) is 5.76 Å². The lowest BCUT2D eigenvalue weighted by Crippen LogP contribution is -2.32. The Morgan fingerprint density at radius 2 is 1.82 bits per heavy atom. The van der Waals surface area contributed by atoms with Gasteiger partial charge in [0.05, 0.1) is 6.26 Å². The first kappa shape index (κ1) is 18.1. The molecule has 0 aliphatic heterocycles. The summed E-state index contributed by atoms with van der Waals surface area (Å²) >= 11 is 0. The Morgan fingerprint density at radius 3 is 2.61 bits per heavy atom. The number of carbonyl (C=O) groups excluding carboxylic acids is 1. The lowest BCUT2D eigenvalue weighted by molar-refractivity contribution is 0.0910. The Hall–Kier alpha value is -3.27. The van der Waals surface area contributed by atoms with E-state index in [2.05, 4.69) is 64.6 Å². The van der Waals surface area contributed by atoms with Crippen molar-refractivity contribution in [2.75, 3.05) is 0 Å². The molecule has 1 unspecified atom stereocenters. The molecule has 28 heavy (non-hydrogen) atoms. The molecule has 4 rings (SSSR count). The maximum atomic E-state index is 12.1. The van der Waals surface area contributed by atoms with Gasteiger partial charge in [-0.05, 0) is 49.1 Å². The second-order valence-electron chi connectivity index (χ2n) is 7.18. The van der Waals surface area contributed by atoms with Gasteiger partial charge in [0.25, 0.3) is 5.91 Å². The molecule has 0 fully saturated rings. The molecule has 4 aromatic rings. The molecule has 4 heteroatoms. The molecule has 0 spiro atoms. The minimum Gasteiger partial charge on any atom is -0.459 e. The molecule has 2 aromatic heterocycles. The van der Waals surface area contributed by atoms with Gasteiger partial charge in [-0.15, -0.1) is 0 Å². The number of furan rings is 1. The molecule has 0 aliphatic rings. The van der Waals surface area contributed by atoms with Crippen molar-refractivity contribution < 1.29 is 9.21 Å². The molecular formula is C24H24N2O2. The quantitative estimate of drug-likeness (QED) is 0.494. The van der Waals surface area contributed by atoms with Gasteiger partial charge in [0.2, 0.25) is 0 Å². The molecule has 1 amide bonds. The van der Waals surface area contributed by atoms with Gasteiger partial charge in [-0.1, -0.05) is 48.5 Å². The van der Waals surface area contributed by atoms with E-state index >= 15 is 0 Å². The molecule has 0 saturated carbocycles. The minimum absolute atomic E-state index is 0.0637. The Kier molecular flexibility index (Phi) is 5.29. The minimum atomic E-state index is -0.163. The number of fused-ring (bicyclic) bond motifs is 1. The van der Waals surface area contributed by atoms with E-state index < -0.39 is 0 Å². The number of aromatic nitrogens is 1.